The molecule has 3 rings (SSSR count). The average molecular weight is 373 g/mol. The molecule has 2 aliphatic rings. The molecule has 5 heteroatoms. The molecule has 2 N–H and O–H groups in total. The van der Waals surface area contributed by atoms with Crippen molar-refractivity contribution in [3.63, 3.8) is 0 Å². The van der Waals surface area contributed by atoms with Gasteiger partial charge in [0.15, 0.2) is 0 Å². The molecule has 148 valence electrons. The van der Waals surface area contributed by atoms with Crippen LogP contribution in [0.4, 0.5) is 0 Å². The Kier molecular flexibility index (Phi) is 5.89. The van der Waals surface area contributed by atoms with Crippen LogP contribution in [-0.2, 0) is 14.9 Å². The summed E-state index contributed by atoms with van der Waals surface area (Å²) in [5, 5.41) is 6.29. The van der Waals surface area contributed by atoms with Crippen LogP contribution in [0.2, 0.25) is 0 Å². The second-order valence-corrected chi connectivity index (χ2v) is 9.07. The molecule has 1 aliphatic heterocycles. The quantitative estimate of drug-likeness (QED) is 0.854. The van der Waals surface area contributed by atoms with Crippen LogP contribution < -0.4 is 10.6 Å². The molecule has 1 aliphatic carbocycles. The first-order valence-corrected chi connectivity index (χ1v) is 9.97. The largest absolute Gasteiger partial charge is 0.384 e. The van der Waals surface area contributed by atoms with Crippen LogP contribution in [-0.4, -0.2) is 37.6 Å². The molecule has 0 bridgehead atoms. The fourth-order valence-corrected chi connectivity index (χ4v) is 4.50. The minimum absolute atomic E-state index is 0.0329. The van der Waals surface area contributed by atoms with E-state index in [1.807, 2.05) is 24.3 Å². The van der Waals surface area contributed by atoms with Crippen LogP contribution in [0.3, 0.4) is 0 Å². The molecule has 1 aromatic carbocycles. The monoisotopic (exact) mass is 372 g/mol. The van der Waals surface area contributed by atoms with E-state index in [1.165, 1.54) is 5.56 Å². The van der Waals surface area contributed by atoms with Crippen LogP contribution in [0.1, 0.15) is 62.4 Å². The summed E-state index contributed by atoms with van der Waals surface area (Å²) in [5.74, 6) is 0.801. The molecule has 0 aromatic heterocycles. The van der Waals surface area contributed by atoms with Gasteiger partial charge in [0.1, 0.15) is 0 Å². The van der Waals surface area contributed by atoms with E-state index < -0.39 is 0 Å². The van der Waals surface area contributed by atoms with E-state index in [0.717, 1.165) is 19.3 Å². The van der Waals surface area contributed by atoms with Crippen molar-refractivity contribution < 1.29 is 14.3 Å². The van der Waals surface area contributed by atoms with E-state index in [0.29, 0.717) is 24.5 Å². The lowest BCUT2D eigenvalue weighted by atomic mass is 9.71. The SMILES string of the molecule is COCC1CC(=O)NC2CC(NC(=O)c3ccc(C(C)(C)C)cc3)CCC12. The minimum atomic E-state index is -0.0329. The van der Waals surface area contributed by atoms with Gasteiger partial charge in [-0.3, -0.25) is 9.59 Å². The highest BCUT2D eigenvalue weighted by Gasteiger charge is 2.40. The second kappa shape index (κ2) is 8.01. The minimum Gasteiger partial charge on any atom is -0.384 e. The summed E-state index contributed by atoms with van der Waals surface area (Å²) in [5.41, 5.74) is 1.98. The highest BCUT2D eigenvalue weighted by Crippen LogP contribution is 2.35. The third kappa shape index (κ3) is 4.70. The molecule has 0 spiro atoms. The Morgan fingerprint density at radius 3 is 2.56 bits per heavy atom. The predicted molar refractivity (Wildman–Crippen MR) is 106 cm³/mol. The summed E-state index contributed by atoms with van der Waals surface area (Å²) in [6.07, 6.45) is 3.30. The number of methoxy groups -OCH3 is 1. The molecule has 1 aromatic rings. The van der Waals surface area contributed by atoms with Crippen molar-refractivity contribution in [2.45, 2.75) is 64.0 Å². The number of hydrogen-bond donors (Lipinski definition) is 2. The Morgan fingerprint density at radius 1 is 1.22 bits per heavy atom. The van der Waals surface area contributed by atoms with E-state index >= 15 is 0 Å². The predicted octanol–water partition coefficient (Wildman–Crippen LogP) is 3.03. The van der Waals surface area contributed by atoms with Crippen molar-refractivity contribution in [1.29, 1.82) is 0 Å². The summed E-state index contributed by atoms with van der Waals surface area (Å²) in [7, 11) is 1.69. The van der Waals surface area contributed by atoms with Gasteiger partial charge < -0.3 is 15.4 Å². The maximum absolute atomic E-state index is 12.6. The van der Waals surface area contributed by atoms with Crippen LogP contribution in [0.5, 0.6) is 0 Å². The zero-order valence-electron chi connectivity index (χ0n) is 16.9. The average Bonchev–Trinajstić information content (AvgIpc) is 2.61. The highest BCUT2D eigenvalue weighted by molar-refractivity contribution is 5.94. The van der Waals surface area contributed by atoms with Crippen molar-refractivity contribution in [3.05, 3.63) is 35.4 Å². The van der Waals surface area contributed by atoms with Crippen molar-refractivity contribution in [2.75, 3.05) is 13.7 Å². The highest BCUT2D eigenvalue weighted by atomic mass is 16.5. The number of carbonyl (C=O) groups excluding carboxylic acids is 2. The fourth-order valence-electron chi connectivity index (χ4n) is 4.50. The van der Waals surface area contributed by atoms with Crippen molar-refractivity contribution >= 4 is 11.8 Å². The van der Waals surface area contributed by atoms with Gasteiger partial charge in [-0.25, -0.2) is 0 Å². The molecular weight excluding hydrogens is 340 g/mol. The van der Waals surface area contributed by atoms with E-state index in [-0.39, 0.29) is 35.2 Å². The Morgan fingerprint density at radius 2 is 1.93 bits per heavy atom. The Hall–Kier alpha value is -1.88. The molecule has 2 amide bonds. The Balaban J connectivity index is 1.60. The number of piperidine rings is 1. The number of fused-ring (bicyclic) bond motifs is 1. The van der Waals surface area contributed by atoms with Gasteiger partial charge >= 0.3 is 0 Å². The molecule has 2 fully saturated rings. The van der Waals surface area contributed by atoms with Crippen molar-refractivity contribution in [3.8, 4) is 0 Å². The number of amides is 2. The lowest BCUT2D eigenvalue weighted by molar-refractivity contribution is -0.128. The van der Waals surface area contributed by atoms with Gasteiger partial charge in [0, 0.05) is 37.8 Å². The van der Waals surface area contributed by atoms with Crippen molar-refractivity contribution in [2.24, 2.45) is 11.8 Å². The maximum atomic E-state index is 12.6. The number of nitrogens with one attached hydrogen (secondary N) is 2. The van der Waals surface area contributed by atoms with Gasteiger partial charge in [0.05, 0.1) is 0 Å². The molecule has 27 heavy (non-hydrogen) atoms. The number of rotatable bonds is 4. The van der Waals surface area contributed by atoms with Crippen LogP contribution in [0.15, 0.2) is 24.3 Å². The number of carbonyl (C=O) groups is 2. The summed E-state index contributed by atoms with van der Waals surface area (Å²) < 4.78 is 5.31. The van der Waals surface area contributed by atoms with Crippen LogP contribution in [0, 0.1) is 11.8 Å². The Labute approximate surface area is 162 Å². The normalized spacial score (nSPS) is 28.2. The smallest absolute Gasteiger partial charge is 0.251 e. The molecule has 4 unspecified atom stereocenters. The number of hydrogen-bond acceptors (Lipinski definition) is 3. The van der Waals surface area contributed by atoms with E-state index in [4.69, 9.17) is 4.74 Å². The molecule has 1 saturated heterocycles. The number of benzene rings is 1. The third-order valence-electron chi connectivity index (χ3n) is 6.03. The lowest BCUT2D eigenvalue weighted by Crippen LogP contribution is -2.56. The van der Waals surface area contributed by atoms with Crippen LogP contribution >= 0.6 is 0 Å². The van der Waals surface area contributed by atoms with Gasteiger partial charge in [0.2, 0.25) is 5.91 Å². The van der Waals surface area contributed by atoms with Gasteiger partial charge in [-0.15, -0.1) is 0 Å². The first-order valence-electron chi connectivity index (χ1n) is 9.97. The molecular formula is C22H32N2O3. The third-order valence-corrected chi connectivity index (χ3v) is 6.03. The van der Waals surface area contributed by atoms with Gasteiger partial charge in [-0.05, 0) is 54.2 Å². The van der Waals surface area contributed by atoms with Crippen LogP contribution in [0.25, 0.3) is 0 Å². The topological polar surface area (TPSA) is 67.4 Å². The molecule has 0 radical (unpaired) electrons. The van der Waals surface area contributed by atoms with E-state index in [1.54, 1.807) is 7.11 Å². The first kappa shape index (κ1) is 19.9. The maximum Gasteiger partial charge on any atom is 0.251 e. The zero-order chi connectivity index (χ0) is 19.6. The second-order valence-electron chi connectivity index (χ2n) is 9.07. The molecule has 4 atom stereocenters. The summed E-state index contributed by atoms with van der Waals surface area (Å²) >= 11 is 0. The lowest BCUT2D eigenvalue weighted by Gasteiger charge is -2.43. The summed E-state index contributed by atoms with van der Waals surface area (Å²) in [4.78, 5) is 24.7. The van der Waals surface area contributed by atoms with Gasteiger partial charge in [0.25, 0.3) is 5.91 Å². The zero-order valence-corrected chi connectivity index (χ0v) is 16.9. The molecule has 5 nitrogen and oxygen atoms in total. The summed E-state index contributed by atoms with van der Waals surface area (Å²) in [6, 6.07) is 8.10. The standard InChI is InChI=1S/C22H32N2O3/c1-22(2,3)16-7-5-14(6-8-16)21(26)23-17-9-10-18-15(13-27-4)11-20(25)24-19(18)12-17/h5-8,15,17-19H,9-13H2,1-4H3,(H,23,26)(H,24,25). The van der Waals surface area contributed by atoms with Gasteiger partial charge in [-0.1, -0.05) is 32.9 Å². The Bertz CT molecular complexity index is 678. The van der Waals surface area contributed by atoms with Gasteiger partial charge in [-0.2, -0.15) is 0 Å². The first-order chi connectivity index (χ1) is 12.8. The van der Waals surface area contributed by atoms with Crippen molar-refractivity contribution in [1.82, 2.24) is 10.6 Å². The molecule has 1 heterocycles. The van der Waals surface area contributed by atoms with E-state index in [2.05, 4.69) is 31.4 Å². The number of ether oxygens (including phenoxy) is 1. The fraction of sp³-hybridized carbons (Fsp3) is 0.636. The van der Waals surface area contributed by atoms with E-state index in [9.17, 15) is 9.59 Å². The molecule has 1 saturated carbocycles. The summed E-state index contributed by atoms with van der Waals surface area (Å²) in [6.45, 7) is 7.12.